The van der Waals surface area contributed by atoms with Gasteiger partial charge in [0.15, 0.2) is 6.61 Å². The number of ether oxygens (including phenoxy) is 1. The molecule has 0 atom stereocenters. The first-order chi connectivity index (χ1) is 9.74. The van der Waals surface area contributed by atoms with Crippen LogP contribution in [-0.4, -0.2) is 41.4 Å². The Bertz CT molecular complexity index is 476. The first-order valence-corrected chi connectivity index (χ1v) is 6.96. The van der Waals surface area contributed by atoms with Crippen molar-refractivity contribution < 1.29 is 14.7 Å². The van der Waals surface area contributed by atoms with Crippen LogP contribution in [0.25, 0.3) is 0 Å². The van der Waals surface area contributed by atoms with Gasteiger partial charge in [-0.1, -0.05) is 12.1 Å². The molecule has 1 aliphatic rings. The van der Waals surface area contributed by atoms with Crippen molar-refractivity contribution in [1.82, 2.24) is 4.90 Å². The molecule has 0 aromatic heterocycles. The van der Waals surface area contributed by atoms with E-state index in [0.717, 1.165) is 31.5 Å². The summed E-state index contributed by atoms with van der Waals surface area (Å²) in [6, 6.07) is 7.23. The Morgan fingerprint density at radius 1 is 1.30 bits per heavy atom. The highest BCUT2D eigenvalue weighted by Crippen LogP contribution is 2.15. The number of oxime groups is 1. The Morgan fingerprint density at radius 2 is 1.95 bits per heavy atom. The number of benzene rings is 1. The molecule has 1 saturated heterocycles. The van der Waals surface area contributed by atoms with Crippen molar-refractivity contribution in [2.75, 3.05) is 19.7 Å². The zero-order valence-electron chi connectivity index (χ0n) is 11.7. The van der Waals surface area contributed by atoms with E-state index in [1.54, 1.807) is 12.1 Å². The predicted molar refractivity (Wildman–Crippen MR) is 76.4 cm³/mol. The number of carbonyl (C=O) groups is 1. The molecule has 1 aliphatic heterocycles. The van der Waals surface area contributed by atoms with Gasteiger partial charge in [-0.3, -0.25) is 4.79 Å². The molecule has 2 rings (SSSR count). The van der Waals surface area contributed by atoms with Gasteiger partial charge in [0, 0.05) is 13.1 Å². The molecule has 1 fully saturated rings. The molecule has 5 heteroatoms. The first kappa shape index (κ1) is 14.4. The van der Waals surface area contributed by atoms with Gasteiger partial charge >= 0.3 is 0 Å². The Kier molecular flexibility index (Phi) is 4.98. The predicted octanol–water partition coefficient (Wildman–Crippen LogP) is 2.28. The molecule has 0 spiro atoms. The lowest BCUT2D eigenvalue weighted by molar-refractivity contribution is -0.132. The molecule has 0 aliphatic carbocycles. The summed E-state index contributed by atoms with van der Waals surface area (Å²) in [4.78, 5) is 13.7. The summed E-state index contributed by atoms with van der Waals surface area (Å²) in [5.74, 6) is 0.687. The number of amides is 1. The Balaban J connectivity index is 1.89. The van der Waals surface area contributed by atoms with Gasteiger partial charge in [-0.25, -0.2) is 0 Å². The number of carbonyl (C=O) groups excluding carboxylic acids is 1. The SMILES string of the molecule is CC/C(=N\O)c1ccc(OCC(=O)N2CCCC2)cc1. The van der Waals surface area contributed by atoms with Crippen LogP contribution in [0, 0.1) is 0 Å². The summed E-state index contributed by atoms with van der Waals surface area (Å²) in [6.07, 6.45) is 2.83. The van der Waals surface area contributed by atoms with Crippen molar-refractivity contribution in [3.63, 3.8) is 0 Å². The van der Waals surface area contributed by atoms with Crippen LogP contribution in [0.5, 0.6) is 5.75 Å². The molecule has 1 amide bonds. The molecule has 20 heavy (non-hydrogen) atoms. The van der Waals surface area contributed by atoms with Crippen LogP contribution in [0.1, 0.15) is 31.7 Å². The van der Waals surface area contributed by atoms with Gasteiger partial charge in [0.1, 0.15) is 5.75 Å². The third-order valence-corrected chi connectivity index (χ3v) is 3.46. The summed E-state index contributed by atoms with van der Waals surface area (Å²) in [6.45, 7) is 3.68. The van der Waals surface area contributed by atoms with Gasteiger partial charge in [0.05, 0.1) is 5.71 Å². The highest BCUT2D eigenvalue weighted by molar-refractivity contribution is 6.00. The van der Waals surface area contributed by atoms with Crippen molar-refractivity contribution in [2.24, 2.45) is 5.16 Å². The van der Waals surface area contributed by atoms with E-state index in [1.807, 2.05) is 24.0 Å². The number of hydrogen-bond donors (Lipinski definition) is 1. The minimum atomic E-state index is 0.0396. The standard InChI is InChI=1S/C15H20N2O3/c1-2-14(16-19)12-5-7-13(8-6-12)20-11-15(18)17-9-3-4-10-17/h5-8,19H,2-4,9-11H2,1H3/b16-14+. The first-order valence-electron chi connectivity index (χ1n) is 6.96. The molecule has 108 valence electrons. The average Bonchev–Trinajstić information content (AvgIpc) is 3.01. The average molecular weight is 276 g/mol. The summed E-state index contributed by atoms with van der Waals surface area (Å²) in [5, 5.41) is 12.1. The Morgan fingerprint density at radius 3 is 2.50 bits per heavy atom. The maximum Gasteiger partial charge on any atom is 0.260 e. The van der Waals surface area contributed by atoms with Crippen molar-refractivity contribution in [2.45, 2.75) is 26.2 Å². The lowest BCUT2D eigenvalue weighted by Crippen LogP contribution is -2.32. The second-order valence-electron chi connectivity index (χ2n) is 4.80. The molecular formula is C15H20N2O3. The third-order valence-electron chi connectivity index (χ3n) is 3.46. The fraction of sp³-hybridized carbons (Fsp3) is 0.467. The normalized spacial score (nSPS) is 15.4. The Labute approximate surface area is 118 Å². The number of rotatable bonds is 5. The monoisotopic (exact) mass is 276 g/mol. The second-order valence-corrected chi connectivity index (χ2v) is 4.80. The number of nitrogens with zero attached hydrogens (tertiary/aromatic N) is 2. The van der Waals surface area contributed by atoms with E-state index in [-0.39, 0.29) is 12.5 Å². The lowest BCUT2D eigenvalue weighted by atomic mass is 10.1. The van der Waals surface area contributed by atoms with E-state index >= 15 is 0 Å². The summed E-state index contributed by atoms with van der Waals surface area (Å²) < 4.78 is 5.49. The minimum absolute atomic E-state index is 0.0396. The van der Waals surface area contributed by atoms with Crippen LogP contribution >= 0.6 is 0 Å². The molecule has 5 nitrogen and oxygen atoms in total. The van der Waals surface area contributed by atoms with Crippen LogP contribution in [-0.2, 0) is 4.79 Å². The molecule has 1 heterocycles. The van der Waals surface area contributed by atoms with Crippen LogP contribution in [0.15, 0.2) is 29.4 Å². The van der Waals surface area contributed by atoms with Crippen molar-refractivity contribution in [3.05, 3.63) is 29.8 Å². The van der Waals surface area contributed by atoms with E-state index in [1.165, 1.54) is 0 Å². The quantitative estimate of drug-likeness (QED) is 0.510. The zero-order chi connectivity index (χ0) is 14.4. The van der Waals surface area contributed by atoms with Gasteiger partial charge in [-0.15, -0.1) is 0 Å². The molecule has 0 radical (unpaired) electrons. The second kappa shape index (κ2) is 6.93. The third kappa shape index (κ3) is 3.50. The molecular weight excluding hydrogens is 256 g/mol. The highest BCUT2D eigenvalue weighted by atomic mass is 16.5. The van der Waals surface area contributed by atoms with Crippen LogP contribution in [0.2, 0.25) is 0 Å². The molecule has 1 N–H and O–H groups in total. The van der Waals surface area contributed by atoms with Crippen LogP contribution < -0.4 is 4.74 Å². The smallest absolute Gasteiger partial charge is 0.260 e. The maximum atomic E-state index is 11.8. The topological polar surface area (TPSA) is 62.1 Å². The lowest BCUT2D eigenvalue weighted by Gasteiger charge is -2.15. The van der Waals surface area contributed by atoms with E-state index in [2.05, 4.69) is 5.16 Å². The molecule has 0 bridgehead atoms. The zero-order valence-corrected chi connectivity index (χ0v) is 11.7. The van der Waals surface area contributed by atoms with Gasteiger partial charge in [-0.2, -0.15) is 0 Å². The summed E-state index contributed by atoms with van der Waals surface area (Å²) in [7, 11) is 0. The fourth-order valence-electron chi connectivity index (χ4n) is 2.28. The highest BCUT2D eigenvalue weighted by Gasteiger charge is 2.18. The van der Waals surface area contributed by atoms with Crippen LogP contribution in [0.4, 0.5) is 0 Å². The van der Waals surface area contributed by atoms with Crippen molar-refractivity contribution >= 4 is 11.6 Å². The number of hydrogen-bond acceptors (Lipinski definition) is 4. The van der Waals surface area contributed by atoms with Crippen molar-refractivity contribution in [3.8, 4) is 5.75 Å². The minimum Gasteiger partial charge on any atom is -0.484 e. The van der Waals surface area contributed by atoms with Gasteiger partial charge in [0.2, 0.25) is 0 Å². The molecule has 1 aromatic rings. The van der Waals surface area contributed by atoms with E-state index in [0.29, 0.717) is 17.9 Å². The summed E-state index contributed by atoms with van der Waals surface area (Å²) in [5.41, 5.74) is 1.48. The van der Waals surface area contributed by atoms with E-state index in [9.17, 15) is 4.79 Å². The van der Waals surface area contributed by atoms with Gasteiger partial charge in [0.25, 0.3) is 5.91 Å². The molecule has 1 aromatic carbocycles. The summed E-state index contributed by atoms with van der Waals surface area (Å²) >= 11 is 0. The van der Waals surface area contributed by atoms with Crippen LogP contribution in [0.3, 0.4) is 0 Å². The maximum absolute atomic E-state index is 11.8. The van der Waals surface area contributed by atoms with Gasteiger partial charge < -0.3 is 14.8 Å². The van der Waals surface area contributed by atoms with E-state index < -0.39 is 0 Å². The number of likely N-dealkylation sites (tertiary alicyclic amines) is 1. The molecule has 0 saturated carbocycles. The van der Waals surface area contributed by atoms with Crippen molar-refractivity contribution in [1.29, 1.82) is 0 Å². The van der Waals surface area contributed by atoms with Gasteiger partial charge in [-0.05, 0) is 49.1 Å². The largest absolute Gasteiger partial charge is 0.484 e. The fourth-order valence-corrected chi connectivity index (χ4v) is 2.28. The Hall–Kier alpha value is -2.04. The van der Waals surface area contributed by atoms with E-state index in [4.69, 9.17) is 9.94 Å². The molecule has 0 unspecified atom stereocenters.